The first-order valence-electron chi connectivity index (χ1n) is 8.10. The zero-order chi connectivity index (χ0) is 16.7. The Morgan fingerprint density at radius 1 is 1.33 bits per heavy atom. The molecule has 1 saturated heterocycles. The SMILES string of the molecule is CCNC(=NCc1ccc(Br)s1)NCC(C)(C)N1CCOCC1.I. The highest BCUT2D eigenvalue weighted by Crippen LogP contribution is 2.22. The minimum Gasteiger partial charge on any atom is -0.379 e. The second kappa shape index (κ2) is 10.9. The van der Waals surface area contributed by atoms with E-state index in [2.05, 4.69) is 69.4 Å². The summed E-state index contributed by atoms with van der Waals surface area (Å²) < 4.78 is 6.60. The highest BCUT2D eigenvalue weighted by atomic mass is 127. The molecule has 1 aromatic rings. The number of ether oxygens (including phenoxy) is 1. The Kier molecular flexibility index (Phi) is 10.1. The third-order valence-corrected chi connectivity index (χ3v) is 5.53. The summed E-state index contributed by atoms with van der Waals surface area (Å²) in [6.45, 7) is 12.7. The number of hydrogen-bond donors (Lipinski definition) is 2. The summed E-state index contributed by atoms with van der Waals surface area (Å²) in [5.74, 6) is 0.873. The van der Waals surface area contributed by atoms with Gasteiger partial charge < -0.3 is 15.4 Å². The van der Waals surface area contributed by atoms with Crippen LogP contribution in [0.4, 0.5) is 0 Å². The van der Waals surface area contributed by atoms with Crippen molar-refractivity contribution < 1.29 is 4.74 Å². The van der Waals surface area contributed by atoms with Crippen molar-refractivity contribution in [3.05, 3.63) is 20.8 Å². The van der Waals surface area contributed by atoms with E-state index in [1.807, 2.05) is 0 Å². The van der Waals surface area contributed by atoms with Crippen molar-refractivity contribution in [3.63, 3.8) is 0 Å². The summed E-state index contributed by atoms with van der Waals surface area (Å²) >= 11 is 5.22. The lowest BCUT2D eigenvalue weighted by Crippen LogP contribution is -2.56. The first-order chi connectivity index (χ1) is 11.0. The molecule has 138 valence electrons. The molecule has 8 heteroatoms. The number of hydrogen-bond acceptors (Lipinski definition) is 4. The van der Waals surface area contributed by atoms with E-state index in [1.54, 1.807) is 11.3 Å². The maximum Gasteiger partial charge on any atom is 0.191 e. The number of halogens is 2. The first-order valence-corrected chi connectivity index (χ1v) is 9.71. The van der Waals surface area contributed by atoms with Gasteiger partial charge in [-0.1, -0.05) is 0 Å². The minimum atomic E-state index is 0. The lowest BCUT2D eigenvalue weighted by molar-refractivity contribution is -0.00834. The quantitative estimate of drug-likeness (QED) is 0.336. The molecule has 2 rings (SSSR count). The fraction of sp³-hybridized carbons (Fsp3) is 0.688. The highest BCUT2D eigenvalue weighted by Gasteiger charge is 2.28. The van der Waals surface area contributed by atoms with Gasteiger partial charge in [0, 0.05) is 36.6 Å². The fourth-order valence-electron chi connectivity index (χ4n) is 2.52. The van der Waals surface area contributed by atoms with Gasteiger partial charge in [-0.25, -0.2) is 4.99 Å². The molecule has 0 unspecified atom stereocenters. The summed E-state index contributed by atoms with van der Waals surface area (Å²) in [5, 5.41) is 6.81. The summed E-state index contributed by atoms with van der Waals surface area (Å²) in [5.41, 5.74) is 0.0753. The molecule has 0 amide bonds. The van der Waals surface area contributed by atoms with Crippen LogP contribution in [0.15, 0.2) is 20.9 Å². The Morgan fingerprint density at radius 3 is 2.62 bits per heavy atom. The van der Waals surface area contributed by atoms with Crippen LogP contribution in [0.3, 0.4) is 0 Å². The van der Waals surface area contributed by atoms with Gasteiger partial charge in [0.2, 0.25) is 0 Å². The van der Waals surface area contributed by atoms with Crippen LogP contribution in [-0.4, -0.2) is 55.8 Å². The van der Waals surface area contributed by atoms with Crippen molar-refractivity contribution in [3.8, 4) is 0 Å². The predicted molar refractivity (Wildman–Crippen MR) is 117 cm³/mol. The molecule has 24 heavy (non-hydrogen) atoms. The van der Waals surface area contributed by atoms with Crippen molar-refractivity contribution in [2.24, 2.45) is 4.99 Å². The molecule has 0 radical (unpaired) electrons. The zero-order valence-corrected chi connectivity index (χ0v) is 19.3. The molecule has 2 N–H and O–H groups in total. The molecule has 0 atom stereocenters. The Hall–Kier alpha value is 0.1000. The van der Waals surface area contributed by atoms with E-state index in [0.29, 0.717) is 6.54 Å². The number of rotatable bonds is 6. The largest absolute Gasteiger partial charge is 0.379 e. The van der Waals surface area contributed by atoms with E-state index in [-0.39, 0.29) is 29.5 Å². The zero-order valence-electron chi connectivity index (χ0n) is 14.6. The predicted octanol–water partition coefficient (Wildman–Crippen LogP) is 3.29. The minimum absolute atomic E-state index is 0. The van der Waals surface area contributed by atoms with Crippen molar-refractivity contribution in [1.29, 1.82) is 0 Å². The van der Waals surface area contributed by atoms with Gasteiger partial charge in [-0.3, -0.25) is 4.90 Å². The molecule has 0 aromatic carbocycles. The molecule has 0 aliphatic carbocycles. The fourth-order valence-corrected chi connectivity index (χ4v) is 3.92. The Bertz CT molecular complexity index is 518. The second-order valence-electron chi connectivity index (χ2n) is 6.17. The van der Waals surface area contributed by atoms with Gasteiger partial charge in [0.05, 0.1) is 23.5 Å². The maximum atomic E-state index is 5.45. The van der Waals surface area contributed by atoms with Crippen LogP contribution in [0, 0.1) is 0 Å². The topological polar surface area (TPSA) is 48.9 Å². The van der Waals surface area contributed by atoms with Gasteiger partial charge >= 0.3 is 0 Å². The number of aliphatic imine (C=N–C) groups is 1. The molecular formula is C16H28BrIN4OS. The number of thiophene rings is 1. The molecule has 1 aromatic heterocycles. The molecule has 2 heterocycles. The molecule has 0 bridgehead atoms. The van der Waals surface area contributed by atoms with E-state index in [4.69, 9.17) is 4.74 Å². The number of guanidine groups is 1. The van der Waals surface area contributed by atoms with Crippen molar-refractivity contribution in [2.45, 2.75) is 32.9 Å². The standard InChI is InChI=1S/C16H27BrN4OS.HI/c1-4-18-15(19-11-13-5-6-14(17)23-13)20-12-16(2,3)21-7-9-22-10-8-21;/h5-6H,4,7-12H2,1-3H3,(H2,18,19,20);1H. The normalized spacial score (nSPS) is 16.6. The second-order valence-corrected chi connectivity index (χ2v) is 8.71. The van der Waals surface area contributed by atoms with Gasteiger partial charge in [-0.05, 0) is 48.8 Å². The number of morpholine rings is 1. The maximum absolute atomic E-state index is 5.45. The molecular weight excluding hydrogens is 503 g/mol. The van der Waals surface area contributed by atoms with Crippen molar-refractivity contribution in [1.82, 2.24) is 15.5 Å². The lowest BCUT2D eigenvalue weighted by Gasteiger charge is -2.41. The molecule has 1 fully saturated rings. The van der Waals surface area contributed by atoms with Crippen LogP contribution < -0.4 is 10.6 Å². The average Bonchev–Trinajstić information content (AvgIpc) is 2.96. The third-order valence-electron chi connectivity index (χ3n) is 3.92. The highest BCUT2D eigenvalue weighted by molar-refractivity contribution is 14.0. The van der Waals surface area contributed by atoms with Crippen LogP contribution >= 0.6 is 51.2 Å². The van der Waals surface area contributed by atoms with Gasteiger partial charge in [-0.2, -0.15) is 0 Å². The Morgan fingerprint density at radius 2 is 2.04 bits per heavy atom. The Labute approximate surface area is 174 Å². The van der Waals surface area contributed by atoms with E-state index in [1.165, 1.54) is 4.88 Å². The molecule has 5 nitrogen and oxygen atoms in total. The lowest BCUT2D eigenvalue weighted by atomic mass is 10.0. The van der Waals surface area contributed by atoms with Crippen LogP contribution in [0.2, 0.25) is 0 Å². The van der Waals surface area contributed by atoms with Gasteiger partial charge in [0.25, 0.3) is 0 Å². The van der Waals surface area contributed by atoms with Crippen LogP contribution in [0.25, 0.3) is 0 Å². The summed E-state index contributed by atoms with van der Waals surface area (Å²) in [6, 6.07) is 4.18. The molecule has 0 spiro atoms. The smallest absolute Gasteiger partial charge is 0.191 e. The van der Waals surface area contributed by atoms with Crippen molar-refractivity contribution in [2.75, 3.05) is 39.4 Å². The third kappa shape index (κ3) is 7.15. The van der Waals surface area contributed by atoms with Crippen LogP contribution in [0.1, 0.15) is 25.6 Å². The van der Waals surface area contributed by atoms with Gasteiger partial charge in [-0.15, -0.1) is 35.3 Å². The monoisotopic (exact) mass is 530 g/mol. The summed E-state index contributed by atoms with van der Waals surface area (Å²) in [6.07, 6.45) is 0. The van der Waals surface area contributed by atoms with Crippen LogP contribution in [-0.2, 0) is 11.3 Å². The van der Waals surface area contributed by atoms with Gasteiger partial charge in [0.1, 0.15) is 0 Å². The molecule has 0 saturated carbocycles. The van der Waals surface area contributed by atoms with Crippen LogP contribution in [0.5, 0.6) is 0 Å². The Balaban J connectivity index is 0.00000288. The first kappa shape index (κ1) is 22.1. The van der Waals surface area contributed by atoms with E-state index in [9.17, 15) is 0 Å². The van der Waals surface area contributed by atoms with E-state index < -0.39 is 0 Å². The average molecular weight is 531 g/mol. The number of nitrogens with one attached hydrogen (secondary N) is 2. The number of nitrogens with zero attached hydrogens (tertiary/aromatic N) is 2. The summed E-state index contributed by atoms with van der Waals surface area (Å²) in [7, 11) is 0. The van der Waals surface area contributed by atoms with E-state index >= 15 is 0 Å². The van der Waals surface area contributed by atoms with Gasteiger partial charge in [0.15, 0.2) is 5.96 Å². The summed E-state index contributed by atoms with van der Waals surface area (Å²) in [4.78, 5) is 8.41. The van der Waals surface area contributed by atoms with E-state index in [0.717, 1.165) is 49.1 Å². The molecule has 1 aliphatic heterocycles. The molecule has 1 aliphatic rings. The van der Waals surface area contributed by atoms with Crippen molar-refractivity contribution >= 4 is 57.2 Å².